The number of nitrogens with two attached hydrogens (primary N) is 1. The van der Waals surface area contributed by atoms with Crippen molar-refractivity contribution in [3.63, 3.8) is 0 Å². The van der Waals surface area contributed by atoms with Crippen molar-refractivity contribution in [2.24, 2.45) is 0 Å². The Balaban J connectivity index is 2.17. The molecule has 106 valence electrons. The van der Waals surface area contributed by atoms with Gasteiger partial charge in [-0.2, -0.15) is 0 Å². The first-order valence-corrected chi connectivity index (χ1v) is 6.87. The largest absolute Gasteiger partial charge is 0.399 e. The molecule has 3 rings (SSSR count). The lowest BCUT2D eigenvalue weighted by Crippen LogP contribution is -2.13. The van der Waals surface area contributed by atoms with Crippen molar-refractivity contribution >= 4 is 28.1 Å². The van der Waals surface area contributed by atoms with Gasteiger partial charge in [0.05, 0.1) is 5.52 Å². The maximum atomic E-state index is 5.91. The standard InChI is InChI=1S/C17H18N4/c1-11-4-7-16(12(2)8-11)21(3)17-14-9-13(18)5-6-15(14)19-10-20-17/h4-10H,18H2,1-3H3. The van der Waals surface area contributed by atoms with Crippen LogP contribution in [0, 0.1) is 13.8 Å². The van der Waals surface area contributed by atoms with Gasteiger partial charge in [0, 0.05) is 23.8 Å². The minimum Gasteiger partial charge on any atom is -0.399 e. The van der Waals surface area contributed by atoms with E-state index in [9.17, 15) is 0 Å². The Labute approximate surface area is 124 Å². The number of nitrogens with zero attached hydrogens (tertiary/aromatic N) is 3. The first kappa shape index (κ1) is 13.4. The highest BCUT2D eigenvalue weighted by Gasteiger charge is 2.12. The fourth-order valence-electron chi connectivity index (χ4n) is 2.62. The van der Waals surface area contributed by atoms with E-state index in [-0.39, 0.29) is 0 Å². The van der Waals surface area contributed by atoms with E-state index < -0.39 is 0 Å². The van der Waals surface area contributed by atoms with Crippen LogP contribution in [0.3, 0.4) is 0 Å². The molecular weight excluding hydrogens is 260 g/mol. The number of anilines is 3. The second kappa shape index (κ2) is 5.05. The predicted octanol–water partition coefficient (Wildman–Crippen LogP) is 3.60. The van der Waals surface area contributed by atoms with Gasteiger partial charge in [0.1, 0.15) is 12.1 Å². The van der Waals surface area contributed by atoms with Gasteiger partial charge in [0.2, 0.25) is 0 Å². The first-order valence-electron chi connectivity index (χ1n) is 6.87. The van der Waals surface area contributed by atoms with Crippen LogP contribution in [0.2, 0.25) is 0 Å². The molecular formula is C17H18N4. The molecule has 0 aliphatic rings. The van der Waals surface area contributed by atoms with Crippen molar-refractivity contribution in [1.29, 1.82) is 0 Å². The Morgan fingerprint density at radius 2 is 1.81 bits per heavy atom. The normalized spacial score (nSPS) is 10.8. The van der Waals surface area contributed by atoms with Crippen LogP contribution in [0.4, 0.5) is 17.2 Å². The molecule has 0 spiro atoms. The zero-order valence-electron chi connectivity index (χ0n) is 12.5. The molecule has 21 heavy (non-hydrogen) atoms. The minimum absolute atomic E-state index is 0.715. The highest BCUT2D eigenvalue weighted by Crippen LogP contribution is 2.31. The minimum atomic E-state index is 0.715. The van der Waals surface area contributed by atoms with Crippen LogP contribution < -0.4 is 10.6 Å². The Morgan fingerprint density at radius 1 is 1.00 bits per heavy atom. The van der Waals surface area contributed by atoms with E-state index in [2.05, 4.69) is 46.9 Å². The number of rotatable bonds is 2. The van der Waals surface area contributed by atoms with Crippen molar-refractivity contribution in [1.82, 2.24) is 9.97 Å². The zero-order chi connectivity index (χ0) is 15.0. The monoisotopic (exact) mass is 278 g/mol. The molecule has 0 saturated carbocycles. The molecule has 0 aliphatic carbocycles. The van der Waals surface area contributed by atoms with Crippen LogP contribution in [0.25, 0.3) is 10.9 Å². The Bertz CT molecular complexity index is 811. The number of hydrogen-bond donors (Lipinski definition) is 1. The molecule has 1 aromatic heterocycles. The summed E-state index contributed by atoms with van der Waals surface area (Å²) in [6.45, 7) is 4.20. The van der Waals surface area contributed by atoms with E-state index in [1.54, 1.807) is 6.33 Å². The highest BCUT2D eigenvalue weighted by atomic mass is 15.2. The summed E-state index contributed by atoms with van der Waals surface area (Å²) < 4.78 is 0. The van der Waals surface area contributed by atoms with Crippen LogP contribution in [-0.4, -0.2) is 17.0 Å². The summed E-state index contributed by atoms with van der Waals surface area (Å²) in [5, 5.41) is 0.958. The second-order valence-corrected chi connectivity index (χ2v) is 5.32. The molecule has 0 unspecified atom stereocenters. The third kappa shape index (κ3) is 2.40. The lowest BCUT2D eigenvalue weighted by molar-refractivity contribution is 1.10. The molecule has 2 N–H and O–H groups in total. The highest BCUT2D eigenvalue weighted by molar-refractivity contribution is 5.93. The molecule has 4 heteroatoms. The molecule has 0 fully saturated rings. The van der Waals surface area contributed by atoms with Gasteiger partial charge < -0.3 is 10.6 Å². The van der Waals surface area contributed by atoms with E-state index in [4.69, 9.17) is 5.73 Å². The number of aromatic nitrogens is 2. The summed E-state index contributed by atoms with van der Waals surface area (Å²) in [7, 11) is 2.02. The lowest BCUT2D eigenvalue weighted by atomic mass is 10.1. The van der Waals surface area contributed by atoms with Crippen LogP contribution >= 0.6 is 0 Å². The fourth-order valence-corrected chi connectivity index (χ4v) is 2.62. The fraction of sp³-hybridized carbons (Fsp3) is 0.176. The molecule has 0 radical (unpaired) electrons. The van der Waals surface area contributed by atoms with E-state index >= 15 is 0 Å². The van der Waals surface area contributed by atoms with Gasteiger partial charge in [-0.05, 0) is 43.7 Å². The summed E-state index contributed by atoms with van der Waals surface area (Å²) in [6, 6.07) is 12.1. The van der Waals surface area contributed by atoms with Crippen LogP contribution in [0.1, 0.15) is 11.1 Å². The smallest absolute Gasteiger partial charge is 0.144 e. The number of aryl methyl sites for hydroxylation is 2. The Hall–Kier alpha value is -2.62. The molecule has 4 nitrogen and oxygen atoms in total. The van der Waals surface area contributed by atoms with Crippen molar-refractivity contribution in [2.75, 3.05) is 17.7 Å². The maximum absolute atomic E-state index is 5.91. The molecule has 0 saturated heterocycles. The van der Waals surface area contributed by atoms with Gasteiger partial charge in [0.25, 0.3) is 0 Å². The quantitative estimate of drug-likeness (QED) is 0.728. The lowest BCUT2D eigenvalue weighted by Gasteiger charge is -2.22. The summed E-state index contributed by atoms with van der Waals surface area (Å²) in [6.07, 6.45) is 1.59. The summed E-state index contributed by atoms with van der Waals surface area (Å²) >= 11 is 0. The van der Waals surface area contributed by atoms with Gasteiger partial charge in [-0.1, -0.05) is 17.7 Å². The summed E-state index contributed by atoms with van der Waals surface area (Å²) in [4.78, 5) is 10.8. The number of benzene rings is 2. The van der Waals surface area contributed by atoms with Gasteiger partial charge >= 0.3 is 0 Å². The molecule has 3 aromatic rings. The second-order valence-electron chi connectivity index (χ2n) is 5.32. The van der Waals surface area contributed by atoms with Crippen LogP contribution in [0.5, 0.6) is 0 Å². The topological polar surface area (TPSA) is 55.0 Å². The number of hydrogen-bond acceptors (Lipinski definition) is 4. The average molecular weight is 278 g/mol. The molecule has 1 heterocycles. The third-order valence-corrected chi connectivity index (χ3v) is 3.67. The summed E-state index contributed by atoms with van der Waals surface area (Å²) in [5.74, 6) is 0.860. The Kier molecular flexibility index (Phi) is 3.22. The van der Waals surface area contributed by atoms with Gasteiger partial charge in [-0.15, -0.1) is 0 Å². The molecule has 0 bridgehead atoms. The van der Waals surface area contributed by atoms with Crippen LogP contribution in [0.15, 0.2) is 42.7 Å². The average Bonchev–Trinajstić information content (AvgIpc) is 2.46. The predicted molar refractivity (Wildman–Crippen MR) is 87.9 cm³/mol. The summed E-state index contributed by atoms with van der Waals surface area (Å²) in [5.41, 5.74) is 11.1. The van der Waals surface area contributed by atoms with E-state index in [1.165, 1.54) is 11.1 Å². The van der Waals surface area contributed by atoms with E-state index in [0.717, 1.165) is 22.4 Å². The van der Waals surface area contributed by atoms with E-state index in [0.29, 0.717) is 5.69 Å². The number of fused-ring (bicyclic) bond motifs is 1. The molecule has 0 atom stereocenters. The molecule has 0 amide bonds. The molecule has 0 aliphatic heterocycles. The Morgan fingerprint density at radius 3 is 2.57 bits per heavy atom. The molecule has 2 aromatic carbocycles. The van der Waals surface area contributed by atoms with Crippen molar-refractivity contribution in [2.45, 2.75) is 13.8 Å². The van der Waals surface area contributed by atoms with Crippen LogP contribution in [-0.2, 0) is 0 Å². The van der Waals surface area contributed by atoms with Crippen molar-refractivity contribution < 1.29 is 0 Å². The first-order chi connectivity index (χ1) is 10.1. The third-order valence-electron chi connectivity index (χ3n) is 3.67. The van der Waals surface area contributed by atoms with Gasteiger partial charge in [-0.3, -0.25) is 0 Å². The number of nitrogen functional groups attached to an aromatic ring is 1. The van der Waals surface area contributed by atoms with E-state index in [1.807, 2.05) is 25.2 Å². The van der Waals surface area contributed by atoms with Crippen molar-refractivity contribution in [3.8, 4) is 0 Å². The van der Waals surface area contributed by atoms with Crippen molar-refractivity contribution in [3.05, 3.63) is 53.9 Å². The van der Waals surface area contributed by atoms with Gasteiger partial charge in [0.15, 0.2) is 0 Å². The maximum Gasteiger partial charge on any atom is 0.144 e. The zero-order valence-corrected chi connectivity index (χ0v) is 12.5. The van der Waals surface area contributed by atoms with Gasteiger partial charge in [-0.25, -0.2) is 9.97 Å². The SMILES string of the molecule is Cc1ccc(N(C)c2ncnc3ccc(N)cc23)c(C)c1.